The first-order valence-corrected chi connectivity index (χ1v) is 11.0. The lowest BCUT2D eigenvalue weighted by molar-refractivity contribution is 0.353. The van der Waals surface area contributed by atoms with Gasteiger partial charge in [0.25, 0.3) is 0 Å². The van der Waals surface area contributed by atoms with Gasteiger partial charge in [-0.25, -0.2) is 12.8 Å². The second-order valence-electron chi connectivity index (χ2n) is 7.36. The first-order chi connectivity index (χ1) is 12.6. The highest BCUT2D eigenvalue weighted by molar-refractivity contribution is 7.92. The second-order valence-corrected chi connectivity index (χ2v) is 10.1. The van der Waals surface area contributed by atoms with Crippen LogP contribution in [-0.2, 0) is 16.4 Å². The molecule has 0 bridgehead atoms. The summed E-state index contributed by atoms with van der Waals surface area (Å²) in [6.07, 6.45) is 0. The van der Waals surface area contributed by atoms with Gasteiger partial charge in [-0.2, -0.15) is 0 Å². The zero-order valence-electron chi connectivity index (χ0n) is 16.9. The van der Waals surface area contributed by atoms with Gasteiger partial charge in [-0.3, -0.25) is 4.99 Å². The molecule has 152 valence electrons. The topological polar surface area (TPSA) is 65.0 Å². The summed E-state index contributed by atoms with van der Waals surface area (Å²) in [6.45, 7) is 10.2. The number of sulfone groups is 1. The Morgan fingerprint density at radius 1 is 1.33 bits per heavy atom. The molecule has 27 heavy (non-hydrogen) atoms. The van der Waals surface area contributed by atoms with E-state index in [9.17, 15) is 12.8 Å². The quantitative estimate of drug-likeness (QED) is 0.609. The number of hydrogen-bond acceptors (Lipinski definition) is 4. The summed E-state index contributed by atoms with van der Waals surface area (Å²) in [5, 5.41) is 3.23. The number of anilines is 1. The summed E-state index contributed by atoms with van der Waals surface area (Å²) in [5.41, 5.74) is 1.42. The zero-order chi connectivity index (χ0) is 20.2. The molecule has 6 nitrogen and oxygen atoms in total. The fourth-order valence-corrected chi connectivity index (χ4v) is 4.68. The largest absolute Gasteiger partial charge is 0.370 e. The maximum Gasteiger partial charge on any atom is 0.193 e. The number of halogens is 1. The van der Waals surface area contributed by atoms with E-state index in [0.29, 0.717) is 31.3 Å². The molecule has 2 rings (SSSR count). The molecule has 0 atom stereocenters. The maximum atomic E-state index is 14.4. The number of hydrogen-bond donors (Lipinski definition) is 1. The molecule has 1 N–H and O–H groups in total. The molecular formula is C19H31FN4O2S. The van der Waals surface area contributed by atoms with Crippen LogP contribution in [0.1, 0.15) is 33.3 Å². The van der Waals surface area contributed by atoms with Crippen molar-refractivity contribution in [1.82, 2.24) is 10.2 Å². The van der Waals surface area contributed by atoms with Crippen molar-refractivity contribution in [2.24, 2.45) is 4.99 Å². The summed E-state index contributed by atoms with van der Waals surface area (Å²) < 4.78 is 38.0. The van der Waals surface area contributed by atoms with Gasteiger partial charge in [0.15, 0.2) is 15.8 Å². The van der Waals surface area contributed by atoms with Gasteiger partial charge in [-0.1, -0.05) is 6.07 Å². The van der Waals surface area contributed by atoms with Crippen molar-refractivity contribution in [1.29, 1.82) is 0 Å². The first-order valence-electron chi connectivity index (χ1n) is 9.36. The van der Waals surface area contributed by atoms with E-state index < -0.39 is 14.6 Å². The standard InChI is InChI=1S/C19H31FN4O2S/c1-6-23(7-2)17-9-8-15(12-16(17)20)13-22-18(21-5)24-10-11-27(25,26)19(3,4)14-24/h8-9,12H,6-7,10-11,13-14H2,1-5H3,(H,21,22). The maximum absolute atomic E-state index is 14.4. The smallest absolute Gasteiger partial charge is 0.193 e. The molecule has 0 unspecified atom stereocenters. The van der Waals surface area contributed by atoms with Crippen LogP contribution in [0.2, 0.25) is 0 Å². The van der Waals surface area contributed by atoms with Gasteiger partial charge in [0.05, 0.1) is 16.2 Å². The predicted molar refractivity (Wildman–Crippen MR) is 110 cm³/mol. The van der Waals surface area contributed by atoms with Crippen molar-refractivity contribution >= 4 is 21.5 Å². The molecule has 0 radical (unpaired) electrons. The van der Waals surface area contributed by atoms with Gasteiger partial charge >= 0.3 is 0 Å². The number of nitrogens with one attached hydrogen (secondary N) is 1. The normalized spacial score (nSPS) is 19.0. The van der Waals surface area contributed by atoms with E-state index in [2.05, 4.69) is 10.3 Å². The number of aliphatic imine (C=N–C) groups is 1. The van der Waals surface area contributed by atoms with Gasteiger partial charge in [0.1, 0.15) is 5.82 Å². The van der Waals surface area contributed by atoms with E-state index in [-0.39, 0.29) is 11.6 Å². The third kappa shape index (κ3) is 4.72. The van der Waals surface area contributed by atoms with Crippen molar-refractivity contribution in [2.75, 3.05) is 43.9 Å². The van der Waals surface area contributed by atoms with Gasteiger partial charge in [-0.05, 0) is 45.4 Å². The van der Waals surface area contributed by atoms with E-state index in [1.165, 1.54) is 0 Å². The molecule has 0 aliphatic carbocycles. The first kappa shape index (κ1) is 21.5. The Kier molecular flexibility index (Phi) is 6.72. The molecule has 1 heterocycles. The van der Waals surface area contributed by atoms with Crippen LogP contribution in [0.4, 0.5) is 10.1 Å². The minimum atomic E-state index is -3.11. The van der Waals surface area contributed by atoms with E-state index in [1.54, 1.807) is 33.0 Å². The molecule has 1 aliphatic heterocycles. The Morgan fingerprint density at radius 2 is 2.00 bits per heavy atom. The van der Waals surface area contributed by atoms with Crippen molar-refractivity contribution in [3.05, 3.63) is 29.6 Å². The summed E-state index contributed by atoms with van der Waals surface area (Å²) >= 11 is 0. The van der Waals surface area contributed by atoms with Crippen LogP contribution in [0.5, 0.6) is 0 Å². The fourth-order valence-electron chi connectivity index (χ4n) is 3.32. The van der Waals surface area contributed by atoms with Crippen LogP contribution >= 0.6 is 0 Å². The van der Waals surface area contributed by atoms with Crippen LogP contribution < -0.4 is 10.2 Å². The molecule has 8 heteroatoms. The highest BCUT2D eigenvalue weighted by Crippen LogP contribution is 2.24. The molecule has 1 aliphatic rings. The van der Waals surface area contributed by atoms with Crippen LogP contribution in [0, 0.1) is 5.82 Å². The van der Waals surface area contributed by atoms with E-state index in [4.69, 9.17) is 0 Å². The van der Waals surface area contributed by atoms with Crippen LogP contribution in [0.25, 0.3) is 0 Å². The van der Waals surface area contributed by atoms with Crippen molar-refractivity contribution in [2.45, 2.75) is 39.0 Å². The zero-order valence-corrected chi connectivity index (χ0v) is 17.7. The fraction of sp³-hybridized carbons (Fsp3) is 0.632. The summed E-state index contributed by atoms with van der Waals surface area (Å²) in [7, 11) is -1.44. The lowest BCUT2D eigenvalue weighted by Crippen LogP contribution is -2.57. The van der Waals surface area contributed by atoms with Crippen LogP contribution in [0.15, 0.2) is 23.2 Å². The molecule has 0 spiro atoms. The summed E-state index contributed by atoms with van der Waals surface area (Å²) in [6, 6.07) is 5.25. The lowest BCUT2D eigenvalue weighted by Gasteiger charge is -2.39. The average molecular weight is 399 g/mol. The lowest BCUT2D eigenvalue weighted by atomic mass is 10.1. The monoisotopic (exact) mass is 398 g/mol. The second kappa shape index (κ2) is 8.46. The third-order valence-corrected chi connectivity index (χ3v) is 7.65. The molecular weight excluding hydrogens is 367 g/mol. The van der Waals surface area contributed by atoms with E-state index in [1.807, 2.05) is 29.7 Å². The molecule has 1 fully saturated rings. The molecule has 1 saturated heterocycles. The van der Waals surface area contributed by atoms with Crippen molar-refractivity contribution in [3.8, 4) is 0 Å². The van der Waals surface area contributed by atoms with Crippen molar-refractivity contribution in [3.63, 3.8) is 0 Å². The van der Waals surface area contributed by atoms with Crippen LogP contribution in [-0.4, -0.2) is 63.0 Å². The third-order valence-electron chi connectivity index (χ3n) is 5.12. The molecule has 1 aromatic carbocycles. The number of guanidine groups is 1. The van der Waals surface area contributed by atoms with Gasteiger partial charge in [0, 0.05) is 39.8 Å². The average Bonchev–Trinajstić information content (AvgIpc) is 2.61. The Hall–Kier alpha value is -1.83. The predicted octanol–water partition coefficient (Wildman–Crippen LogP) is 2.26. The number of nitrogens with zero attached hydrogens (tertiary/aromatic N) is 3. The minimum Gasteiger partial charge on any atom is -0.370 e. The highest BCUT2D eigenvalue weighted by Gasteiger charge is 2.40. The molecule has 0 saturated carbocycles. The van der Waals surface area contributed by atoms with E-state index >= 15 is 0 Å². The Balaban J connectivity index is 2.06. The summed E-state index contributed by atoms with van der Waals surface area (Å²) in [5.74, 6) is 0.498. The van der Waals surface area contributed by atoms with Crippen molar-refractivity contribution < 1.29 is 12.8 Å². The summed E-state index contributed by atoms with van der Waals surface area (Å²) in [4.78, 5) is 8.19. The van der Waals surface area contributed by atoms with Gasteiger partial charge < -0.3 is 15.1 Å². The number of benzene rings is 1. The molecule has 0 aromatic heterocycles. The SMILES string of the molecule is CCN(CC)c1ccc(CNC(=NC)N2CCS(=O)(=O)C(C)(C)C2)cc1F. The Bertz CT molecular complexity index is 789. The Morgan fingerprint density at radius 3 is 2.52 bits per heavy atom. The van der Waals surface area contributed by atoms with Gasteiger partial charge in [-0.15, -0.1) is 0 Å². The number of rotatable bonds is 5. The highest BCUT2D eigenvalue weighted by atomic mass is 32.2. The van der Waals surface area contributed by atoms with E-state index in [0.717, 1.165) is 18.7 Å². The van der Waals surface area contributed by atoms with Crippen LogP contribution in [0.3, 0.4) is 0 Å². The van der Waals surface area contributed by atoms with Gasteiger partial charge in [0.2, 0.25) is 0 Å². The minimum absolute atomic E-state index is 0.105. The molecule has 0 amide bonds. The Labute approximate surface area is 162 Å². The molecule has 1 aromatic rings.